The molecular formula is C33H52FN. The topological polar surface area (TPSA) is 12.0 Å². The summed E-state index contributed by atoms with van der Waals surface area (Å²) in [7, 11) is 2.04. The number of allylic oxidation sites excluding steroid dienone is 1. The van der Waals surface area contributed by atoms with Crippen molar-refractivity contribution >= 4 is 0 Å². The molecule has 196 valence electrons. The molecule has 35 heavy (non-hydrogen) atoms. The molecule has 0 saturated heterocycles. The van der Waals surface area contributed by atoms with Crippen molar-refractivity contribution in [2.75, 3.05) is 13.6 Å². The molecule has 2 aromatic carbocycles. The van der Waals surface area contributed by atoms with Crippen LogP contribution in [0.3, 0.4) is 0 Å². The van der Waals surface area contributed by atoms with Crippen LogP contribution in [0, 0.1) is 18.2 Å². The summed E-state index contributed by atoms with van der Waals surface area (Å²) in [5, 5.41) is 3.34. The second-order valence-electron chi connectivity index (χ2n) is 9.74. The molecule has 0 aromatic heterocycles. The quantitative estimate of drug-likeness (QED) is 0.222. The van der Waals surface area contributed by atoms with E-state index in [1.165, 1.54) is 50.5 Å². The van der Waals surface area contributed by atoms with E-state index in [2.05, 4.69) is 69.2 Å². The van der Waals surface area contributed by atoms with Gasteiger partial charge in [0.1, 0.15) is 5.82 Å². The van der Waals surface area contributed by atoms with Crippen molar-refractivity contribution in [3.63, 3.8) is 0 Å². The number of benzene rings is 2. The molecule has 1 unspecified atom stereocenters. The summed E-state index contributed by atoms with van der Waals surface area (Å²) in [6.07, 6.45) is 12.7. The van der Waals surface area contributed by atoms with E-state index in [1.807, 2.05) is 27.8 Å². The van der Waals surface area contributed by atoms with Gasteiger partial charge >= 0.3 is 0 Å². The highest BCUT2D eigenvalue weighted by molar-refractivity contribution is 5.68. The van der Waals surface area contributed by atoms with Crippen molar-refractivity contribution in [3.05, 3.63) is 84.7 Å². The molecule has 0 fully saturated rings. The van der Waals surface area contributed by atoms with Crippen LogP contribution < -0.4 is 5.32 Å². The summed E-state index contributed by atoms with van der Waals surface area (Å²) in [5.41, 5.74) is 5.66. The average Bonchev–Trinajstić information content (AvgIpc) is 2.84. The van der Waals surface area contributed by atoms with E-state index < -0.39 is 0 Å². The number of nitrogens with one attached hydrogen (secondary N) is 1. The predicted octanol–water partition coefficient (Wildman–Crippen LogP) is 9.88. The summed E-state index contributed by atoms with van der Waals surface area (Å²) in [6.45, 7) is 21.0. The van der Waals surface area contributed by atoms with E-state index in [9.17, 15) is 4.39 Å². The molecule has 0 spiro atoms. The van der Waals surface area contributed by atoms with Gasteiger partial charge in [0.2, 0.25) is 0 Å². The molecule has 0 aliphatic rings. The number of hydrogen-bond donors (Lipinski definition) is 1. The number of hydrogen-bond acceptors (Lipinski definition) is 1. The lowest BCUT2D eigenvalue weighted by Gasteiger charge is -2.30. The SMILES string of the molecule is C=C.C=CC.CCCCCCCC(C)(CCNC)Cc1ccc(-c2cc(C)cc(F)c2CC)cc1. The minimum absolute atomic E-state index is 0.0840. The lowest BCUT2D eigenvalue weighted by Crippen LogP contribution is -2.25. The number of aryl methyl sites for hydroxylation is 1. The Kier molecular flexibility index (Phi) is 17.9. The molecule has 1 nitrogen and oxygen atoms in total. The Morgan fingerprint density at radius 1 is 0.971 bits per heavy atom. The van der Waals surface area contributed by atoms with Gasteiger partial charge in [-0.15, -0.1) is 19.7 Å². The summed E-state index contributed by atoms with van der Waals surface area (Å²) >= 11 is 0. The summed E-state index contributed by atoms with van der Waals surface area (Å²) < 4.78 is 14.4. The van der Waals surface area contributed by atoms with Crippen LogP contribution in [0.25, 0.3) is 11.1 Å². The fourth-order valence-electron chi connectivity index (χ4n) is 4.57. The first kappa shape index (κ1) is 32.8. The van der Waals surface area contributed by atoms with Gasteiger partial charge in [-0.1, -0.05) is 89.3 Å². The average molecular weight is 482 g/mol. The Balaban J connectivity index is 0.00000214. The van der Waals surface area contributed by atoms with Crippen molar-refractivity contribution in [1.29, 1.82) is 0 Å². The highest BCUT2D eigenvalue weighted by Crippen LogP contribution is 2.34. The van der Waals surface area contributed by atoms with Gasteiger partial charge in [0.05, 0.1) is 0 Å². The first-order valence-electron chi connectivity index (χ1n) is 13.4. The molecule has 0 heterocycles. The molecule has 0 saturated carbocycles. The van der Waals surface area contributed by atoms with Crippen molar-refractivity contribution in [3.8, 4) is 11.1 Å². The van der Waals surface area contributed by atoms with Crippen LogP contribution in [0.1, 0.15) is 89.3 Å². The Bertz CT molecular complexity index is 824. The number of halogens is 1. The lowest BCUT2D eigenvalue weighted by molar-refractivity contribution is 0.257. The van der Waals surface area contributed by atoms with Crippen LogP contribution in [-0.4, -0.2) is 13.6 Å². The normalized spacial score (nSPS) is 12.0. The molecular weight excluding hydrogens is 429 g/mol. The molecule has 0 aliphatic carbocycles. The van der Waals surface area contributed by atoms with Crippen LogP contribution >= 0.6 is 0 Å². The monoisotopic (exact) mass is 481 g/mol. The summed E-state index contributed by atoms with van der Waals surface area (Å²) in [6, 6.07) is 12.6. The standard InChI is InChI=1S/C28H42FN.C3H6.C2H4/c1-6-8-9-10-11-16-28(4,17-18-30-5)21-23-12-14-24(15-13-23)26-19-22(3)20-27(29)25(26)7-2;1-3-2;1-2/h12-15,19-20,30H,6-11,16-18,21H2,1-5H3;3H,1H2,2H3;1-2H2. The molecule has 1 N–H and O–H groups in total. The van der Waals surface area contributed by atoms with Gasteiger partial charge in [0.15, 0.2) is 0 Å². The van der Waals surface area contributed by atoms with Crippen LogP contribution in [0.4, 0.5) is 4.39 Å². The van der Waals surface area contributed by atoms with Crippen LogP contribution in [0.15, 0.2) is 62.2 Å². The molecule has 0 bridgehead atoms. The molecule has 2 rings (SSSR count). The Hall–Kier alpha value is -2.19. The zero-order valence-electron chi connectivity index (χ0n) is 23.6. The van der Waals surface area contributed by atoms with E-state index in [0.29, 0.717) is 11.8 Å². The van der Waals surface area contributed by atoms with E-state index in [0.717, 1.165) is 35.2 Å². The fourth-order valence-corrected chi connectivity index (χ4v) is 4.57. The molecule has 2 aromatic rings. The minimum Gasteiger partial charge on any atom is -0.320 e. The third-order valence-corrected chi connectivity index (χ3v) is 6.45. The predicted molar refractivity (Wildman–Crippen MR) is 157 cm³/mol. The van der Waals surface area contributed by atoms with Crippen molar-refractivity contribution in [2.24, 2.45) is 5.41 Å². The first-order valence-corrected chi connectivity index (χ1v) is 13.4. The Labute approximate surface area is 217 Å². The van der Waals surface area contributed by atoms with Gasteiger partial charge in [0.25, 0.3) is 0 Å². The van der Waals surface area contributed by atoms with Crippen LogP contribution in [0.2, 0.25) is 0 Å². The van der Waals surface area contributed by atoms with E-state index >= 15 is 0 Å². The maximum absolute atomic E-state index is 14.4. The second kappa shape index (κ2) is 19.1. The third kappa shape index (κ3) is 12.4. The van der Waals surface area contributed by atoms with Gasteiger partial charge < -0.3 is 5.32 Å². The maximum atomic E-state index is 14.4. The Morgan fingerprint density at radius 3 is 2.11 bits per heavy atom. The van der Waals surface area contributed by atoms with E-state index in [-0.39, 0.29) is 5.82 Å². The number of rotatable bonds is 13. The van der Waals surface area contributed by atoms with Gasteiger partial charge in [-0.25, -0.2) is 4.39 Å². The molecule has 0 amide bonds. The van der Waals surface area contributed by atoms with E-state index in [1.54, 1.807) is 12.1 Å². The van der Waals surface area contributed by atoms with Gasteiger partial charge in [-0.05, 0) is 92.4 Å². The smallest absolute Gasteiger partial charge is 0.127 e. The molecule has 2 heteroatoms. The molecule has 0 aliphatic heterocycles. The van der Waals surface area contributed by atoms with Crippen molar-refractivity contribution in [2.45, 2.75) is 92.4 Å². The molecule has 1 atom stereocenters. The second-order valence-corrected chi connectivity index (χ2v) is 9.74. The largest absolute Gasteiger partial charge is 0.320 e. The van der Waals surface area contributed by atoms with Gasteiger partial charge in [-0.3, -0.25) is 0 Å². The summed E-state index contributed by atoms with van der Waals surface area (Å²) in [5.74, 6) is -0.0840. The number of unbranched alkanes of at least 4 members (excludes halogenated alkanes) is 4. The van der Waals surface area contributed by atoms with Crippen LogP contribution in [0.5, 0.6) is 0 Å². The minimum atomic E-state index is -0.0840. The highest BCUT2D eigenvalue weighted by Gasteiger charge is 2.24. The Morgan fingerprint density at radius 2 is 1.57 bits per heavy atom. The van der Waals surface area contributed by atoms with Gasteiger partial charge in [-0.2, -0.15) is 0 Å². The van der Waals surface area contributed by atoms with Gasteiger partial charge in [0, 0.05) is 0 Å². The van der Waals surface area contributed by atoms with Crippen molar-refractivity contribution < 1.29 is 4.39 Å². The van der Waals surface area contributed by atoms with Crippen LogP contribution in [-0.2, 0) is 12.8 Å². The first-order chi connectivity index (χ1) is 16.8. The zero-order chi connectivity index (χ0) is 26.7. The molecule has 0 radical (unpaired) electrons. The zero-order valence-corrected chi connectivity index (χ0v) is 23.6. The highest BCUT2D eigenvalue weighted by atomic mass is 19.1. The third-order valence-electron chi connectivity index (χ3n) is 6.45. The summed E-state index contributed by atoms with van der Waals surface area (Å²) in [4.78, 5) is 0. The van der Waals surface area contributed by atoms with Crippen molar-refractivity contribution in [1.82, 2.24) is 5.32 Å². The van der Waals surface area contributed by atoms with E-state index in [4.69, 9.17) is 0 Å². The fraction of sp³-hybridized carbons (Fsp3) is 0.515. The lowest BCUT2D eigenvalue weighted by atomic mass is 9.76. The maximum Gasteiger partial charge on any atom is 0.127 e.